The average Bonchev–Trinajstić information content (AvgIpc) is 2.50. The second-order valence-electron chi connectivity index (χ2n) is 3.00. The molecular weight excluding hydrogens is 134 g/mol. The summed E-state index contributed by atoms with van der Waals surface area (Å²) in [5, 5.41) is 3.30. The highest BCUT2D eigenvalue weighted by Gasteiger charge is 2.02. The van der Waals surface area contributed by atoms with E-state index in [1.54, 1.807) is 5.57 Å². The smallest absolute Gasteiger partial charge is 0.0132 e. The van der Waals surface area contributed by atoms with Crippen molar-refractivity contribution in [3.8, 4) is 0 Å². The summed E-state index contributed by atoms with van der Waals surface area (Å²) >= 11 is 0. The van der Waals surface area contributed by atoms with Crippen LogP contribution in [0.1, 0.15) is 25.7 Å². The van der Waals surface area contributed by atoms with Gasteiger partial charge >= 0.3 is 0 Å². The van der Waals surface area contributed by atoms with Crippen molar-refractivity contribution < 1.29 is 0 Å². The normalized spacial score (nSPS) is 16.5. The van der Waals surface area contributed by atoms with Gasteiger partial charge in [0, 0.05) is 6.54 Å². The van der Waals surface area contributed by atoms with E-state index in [0.717, 1.165) is 13.1 Å². The van der Waals surface area contributed by atoms with Crippen LogP contribution in [-0.2, 0) is 0 Å². The number of nitrogens with one attached hydrogen (secondary N) is 1. The van der Waals surface area contributed by atoms with E-state index in [2.05, 4.69) is 18.0 Å². The molecule has 0 aromatic carbocycles. The molecule has 0 amide bonds. The molecule has 1 rings (SSSR count). The molecule has 1 aliphatic rings. The molecule has 1 aliphatic carbocycles. The zero-order valence-electron chi connectivity index (χ0n) is 7.10. The fraction of sp³-hybridized carbons (Fsp3) is 0.600. The molecule has 1 N–H and O–H groups in total. The minimum Gasteiger partial charge on any atom is -0.313 e. The predicted octanol–water partition coefficient (Wildman–Crippen LogP) is 2.26. The van der Waals surface area contributed by atoms with Gasteiger partial charge in [-0.3, -0.25) is 0 Å². The average molecular weight is 151 g/mol. The molecule has 1 heteroatoms. The van der Waals surface area contributed by atoms with Crippen molar-refractivity contribution in [1.82, 2.24) is 5.32 Å². The first-order valence-corrected chi connectivity index (χ1v) is 4.43. The Morgan fingerprint density at radius 1 is 1.64 bits per heavy atom. The molecule has 0 bridgehead atoms. The van der Waals surface area contributed by atoms with Gasteiger partial charge in [-0.15, -0.1) is 6.58 Å². The van der Waals surface area contributed by atoms with Crippen molar-refractivity contribution >= 4 is 0 Å². The molecule has 62 valence electrons. The first-order chi connectivity index (χ1) is 5.43. The monoisotopic (exact) mass is 151 g/mol. The Morgan fingerprint density at radius 2 is 2.55 bits per heavy atom. The summed E-state index contributed by atoms with van der Waals surface area (Å²) in [4.78, 5) is 0. The third-order valence-corrected chi connectivity index (χ3v) is 2.05. The Balaban J connectivity index is 1.98. The van der Waals surface area contributed by atoms with Crippen molar-refractivity contribution in [1.29, 1.82) is 0 Å². The molecule has 1 nitrogen and oxygen atoms in total. The topological polar surface area (TPSA) is 12.0 Å². The Labute approximate surface area is 69.2 Å². The third-order valence-electron chi connectivity index (χ3n) is 2.05. The van der Waals surface area contributed by atoms with Crippen LogP contribution in [0.4, 0.5) is 0 Å². The van der Waals surface area contributed by atoms with Crippen LogP contribution in [0.25, 0.3) is 0 Å². The number of hydrogen-bond acceptors (Lipinski definition) is 1. The van der Waals surface area contributed by atoms with Crippen LogP contribution in [-0.4, -0.2) is 13.1 Å². The maximum atomic E-state index is 3.65. The summed E-state index contributed by atoms with van der Waals surface area (Å²) in [6.45, 7) is 5.70. The van der Waals surface area contributed by atoms with Gasteiger partial charge in [0.25, 0.3) is 0 Å². The summed E-state index contributed by atoms with van der Waals surface area (Å²) in [7, 11) is 0. The lowest BCUT2D eigenvalue weighted by Gasteiger charge is -2.01. The molecule has 0 radical (unpaired) electrons. The first-order valence-electron chi connectivity index (χ1n) is 4.43. The van der Waals surface area contributed by atoms with E-state index in [4.69, 9.17) is 0 Å². The van der Waals surface area contributed by atoms with Crippen molar-refractivity contribution in [2.45, 2.75) is 25.7 Å². The molecule has 0 fully saturated rings. The van der Waals surface area contributed by atoms with E-state index in [1.807, 2.05) is 6.08 Å². The third kappa shape index (κ3) is 3.38. The van der Waals surface area contributed by atoms with Gasteiger partial charge in [-0.25, -0.2) is 0 Å². The Hall–Kier alpha value is -0.560. The van der Waals surface area contributed by atoms with Crippen LogP contribution >= 0.6 is 0 Å². The van der Waals surface area contributed by atoms with Crippen LogP contribution in [0.5, 0.6) is 0 Å². The van der Waals surface area contributed by atoms with Crippen LogP contribution in [0, 0.1) is 0 Å². The van der Waals surface area contributed by atoms with E-state index in [9.17, 15) is 0 Å². The van der Waals surface area contributed by atoms with Gasteiger partial charge in [-0.05, 0) is 32.2 Å². The van der Waals surface area contributed by atoms with Crippen molar-refractivity contribution in [3.05, 3.63) is 24.3 Å². The van der Waals surface area contributed by atoms with E-state index in [0.29, 0.717) is 0 Å². The molecule has 0 spiro atoms. The van der Waals surface area contributed by atoms with Crippen molar-refractivity contribution in [2.75, 3.05) is 13.1 Å². The lowest BCUT2D eigenvalue weighted by atomic mass is 10.2. The molecule has 0 saturated carbocycles. The second-order valence-corrected chi connectivity index (χ2v) is 3.00. The highest BCUT2D eigenvalue weighted by atomic mass is 14.8. The van der Waals surface area contributed by atoms with E-state index < -0.39 is 0 Å². The van der Waals surface area contributed by atoms with Gasteiger partial charge < -0.3 is 5.32 Å². The number of hydrogen-bond donors (Lipinski definition) is 1. The first kappa shape index (κ1) is 8.54. The number of rotatable bonds is 5. The lowest BCUT2D eigenvalue weighted by molar-refractivity contribution is 0.726. The Morgan fingerprint density at radius 3 is 3.18 bits per heavy atom. The highest BCUT2D eigenvalue weighted by molar-refractivity contribution is 5.07. The summed E-state index contributed by atoms with van der Waals surface area (Å²) in [6, 6.07) is 0. The Kier molecular flexibility index (Phi) is 3.99. The molecule has 0 unspecified atom stereocenters. The fourth-order valence-electron chi connectivity index (χ4n) is 1.42. The molecule has 11 heavy (non-hydrogen) atoms. The van der Waals surface area contributed by atoms with Crippen molar-refractivity contribution in [2.24, 2.45) is 0 Å². The molecule has 0 atom stereocenters. The van der Waals surface area contributed by atoms with Gasteiger partial charge in [-0.1, -0.05) is 17.7 Å². The largest absolute Gasteiger partial charge is 0.313 e. The Bertz CT molecular complexity index is 147. The zero-order chi connectivity index (χ0) is 7.94. The minimum absolute atomic E-state index is 0.938. The maximum Gasteiger partial charge on any atom is 0.0132 e. The lowest BCUT2D eigenvalue weighted by Crippen LogP contribution is -2.14. The molecule has 0 aromatic rings. The fourth-order valence-corrected chi connectivity index (χ4v) is 1.42. The van der Waals surface area contributed by atoms with Crippen LogP contribution < -0.4 is 5.32 Å². The number of allylic oxidation sites excluding steroid dienone is 1. The van der Waals surface area contributed by atoms with E-state index >= 15 is 0 Å². The van der Waals surface area contributed by atoms with Crippen LogP contribution in [0.15, 0.2) is 24.3 Å². The van der Waals surface area contributed by atoms with Gasteiger partial charge in [0.2, 0.25) is 0 Å². The summed E-state index contributed by atoms with van der Waals surface area (Å²) in [6.07, 6.45) is 9.52. The second kappa shape index (κ2) is 5.14. The van der Waals surface area contributed by atoms with Gasteiger partial charge in [0.1, 0.15) is 0 Å². The molecule has 0 aromatic heterocycles. The van der Waals surface area contributed by atoms with Gasteiger partial charge in [0.05, 0.1) is 0 Å². The molecule has 0 heterocycles. The van der Waals surface area contributed by atoms with Gasteiger partial charge in [0.15, 0.2) is 0 Å². The SMILES string of the molecule is C=CCNCCC1=CCCC1. The predicted molar refractivity (Wildman–Crippen MR) is 49.6 cm³/mol. The highest BCUT2D eigenvalue weighted by Crippen LogP contribution is 2.19. The summed E-state index contributed by atoms with van der Waals surface area (Å²) < 4.78 is 0. The summed E-state index contributed by atoms with van der Waals surface area (Å²) in [5.74, 6) is 0. The summed E-state index contributed by atoms with van der Waals surface area (Å²) in [5.41, 5.74) is 1.64. The minimum atomic E-state index is 0.938. The quantitative estimate of drug-likeness (QED) is 0.469. The standard InChI is InChI=1S/C10H17N/c1-2-8-11-9-7-10-5-3-4-6-10/h2,5,11H,1,3-4,6-9H2. The van der Waals surface area contributed by atoms with E-state index in [1.165, 1.54) is 25.7 Å². The van der Waals surface area contributed by atoms with Crippen LogP contribution in [0.3, 0.4) is 0 Å². The van der Waals surface area contributed by atoms with E-state index in [-0.39, 0.29) is 0 Å². The maximum absolute atomic E-state index is 3.65. The molecule has 0 saturated heterocycles. The zero-order valence-corrected chi connectivity index (χ0v) is 7.10. The van der Waals surface area contributed by atoms with Crippen LogP contribution in [0.2, 0.25) is 0 Å². The van der Waals surface area contributed by atoms with Crippen molar-refractivity contribution in [3.63, 3.8) is 0 Å². The molecule has 0 aliphatic heterocycles. The van der Waals surface area contributed by atoms with Gasteiger partial charge in [-0.2, -0.15) is 0 Å². The molecular formula is C10H17N.